The van der Waals surface area contributed by atoms with Gasteiger partial charge in [-0.3, -0.25) is 0 Å². The molecule has 3 rings (SSSR count). The summed E-state index contributed by atoms with van der Waals surface area (Å²) < 4.78 is 4.71. The Morgan fingerprint density at radius 3 is 2.06 bits per heavy atom. The van der Waals surface area contributed by atoms with Crippen molar-refractivity contribution in [3.8, 4) is 16.9 Å². The van der Waals surface area contributed by atoms with E-state index in [1.54, 1.807) is 6.07 Å². The second-order valence-electron chi connectivity index (χ2n) is 4.03. The molecule has 2 nitrogen and oxygen atoms in total. The van der Waals surface area contributed by atoms with E-state index in [-0.39, 0.29) is 0 Å². The van der Waals surface area contributed by atoms with Gasteiger partial charge in [0.05, 0.1) is 12.7 Å². The molecule has 0 radical (unpaired) electrons. The molecule has 17 heavy (non-hydrogen) atoms. The predicted octanol–water partition coefficient (Wildman–Crippen LogP) is 3.46. The van der Waals surface area contributed by atoms with Crippen LogP contribution in [-0.4, -0.2) is 17.8 Å². The molecule has 1 atom stereocenters. The Bertz CT molecular complexity index is 461. The van der Waals surface area contributed by atoms with Crippen LogP contribution in [-0.2, 0) is 4.74 Å². The molecule has 0 aliphatic carbocycles. The fourth-order valence-electron chi connectivity index (χ4n) is 1.43. The summed E-state index contributed by atoms with van der Waals surface area (Å²) in [7, 11) is 0. The Kier molecular flexibility index (Phi) is 3.78. The quantitative estimate of drug-likeness (QED) is 0.758. The summed E-state index contributed by atoms with van der Waals surface area (Å²) in [6.45, 7) is 3.04. The fourth-order valence-corrected chi connectivity index (χ4v) is 1.43. The standard InChI is InChI=1S/C12H10O.C3H6O/c13-12-9-5-4-8-11(12)10-6-2-1-3-7-10;1-3-2-4-3/h1-9,13H;3H,2H2,1H3. The molecule has 0 aromatic heterocycles. The Labute approximate surface area is 101 Å². The lowest BCUT2D eigenvalue weighted by atomic mass is 10.1. The molecule has 2 heteroatoms. The van der Waals surface area contributed by atoms with Crippen molar-refractivity contribution in [2.75, 3.05) is 6.61 Å². The van der Waals surface area contributed by atoms with Gasteiger partial charge in [0.25, 0.3) is 0 Å². The van der Waals surface area contributed by atoms with Gasteiger partial charge in [-0.15, -0.1) is 0 Å². The monoisotopic (exact) mass is 228 g/mol. The molecule has 2 aromatic rings. The Morgan fingerprint density at radius 1 is 1.00 bits per heavy atom. The van der Waals surface area contributed by atoms with E-state index in [0.29, 0.717) is 11.9 Å². The van der Waals surface area contributed by atoms with Crippen molar-refractivity contribution in [2.24, 2.45) is 0 Å². The highest BCUT2D eigenvalue weighted by molar-refractivity contribution is 5.69. The molecule has 2 aromatic carbocycles. The van der Waals surface area contributed by atoms with Crippen LogP contribution in [0.3, 0.4) is 0 Å². The number of para-hydroxylation sites is 1. The van der Waals surface area contributed by atoms with Gasteiger partial charge in [-0.25, -0.2) is 0 Å². The van der Waals surface area contributed by atoms with Crippen LogP contribution in [0.25, 0.3) is 11.1 Å². The number of hydrogen-bond acceptors (Lipinski definition) is 2. The zero-order valence-electron chi connectivity index (χ0n) is 9.84. The van der Waals surface area contributed by atoms with Crippen LogP contribution in [0.5, 0.6) is 5.75 Å². The molecule has 1 aliphatic heterocycles. The molecule has 0 saturated carbocycles. The summed E-state index contributed by atoms with van der Waals surface area (Å²) in [5.41, 5.74) is 1.92. The van der Waals surface area contributed by atoms with Crippen LogP contribution in [0.1, 0.15) is 6.92 Å². The number of hydrogen-bond donors (Lipinski definition) is 1. The molecule has 0 spiro atoms. The van der Waals surface area contributed by atoms with E-state index in [9.17, 15) is 5.11 Å². The normalized spacial score (nSPS) is 16.9. The van der Waals surface area contributed by atoms with E-state index in [1.807, 2.05) is 48.5 Å². The zero-order chi connectivity index (χ0) is 12.1. The number of benzene rings is 2. The molecular formula is C15H16O2. The summed E-state index contributed by atoms with van der Waals surface area (Å²) in [5, 5.41) is 9.56. The maximum Gasteiger partial charge on any atom is 0.123 e. The third kappa shape index (κ3) is 3.61. The molecule has 1 N–H and O–H groups in total. The van der Waals surface area contributed by atoms with Gasteiger partial charge in [0, 0.05) is 5.56 Å². The number of phenols is 1. The molecule has 1 fully saturated rings. The van der Waals surface area contributed by atoms with Gasteiger partial charge in [0.15, 0.2) is 0 Å². The summed E-state index contributed by atoms with van der Waals surface area (Å²) >= 11 is 0. The third-order valence-corrected chi connectivity index (χ3v) is 2.49. The van der Waals surface area contributed by atoms with Crippen LogP contribution in [0, 0.1) is 0 Å². The van der Waals surface area contributed by atoms with Crippen LogP contribution in [0.4, 0.5) is 0 Å². The number of epoxide rings is 1. The number of phenolic OH excluding ortho intramolecular Hbond substituents is 1. The summed E-state index contributed by atoms with van der Waals surface area (Å²) in [6.07, 6.45) is 0.583. The molecule has 0 amide bonds. The fraction of sp³-hybridized carbons (Fsp3) is 0.200. The predicted molar refractivity (Wildman–Crippen MR) is 69.0 cm³/mol. The summed E-state index contributed by atoms with van der Waals surface area (Å²) in [6, 6.07) is 17.2. The van der Waals surface area contributed by atoms with Gasteiger partial charge >= 0.3 is 0 Å². The topological polar surface area (TPSA) is 32.8 Å². The van der Waals surface area contributed by atoms with Gasteiger partial charge in [-0.1, -0.05) is 48.5 Å². The summed E-state index contributed by atoms with van der Waals surface area (Å²) in [4.78, 5) is 0. The highest BCUT2D eigenvalue weighted by Gasteiger charge is 2.13. The summed E-state index contributed by atoms with van der Waals surface area (Å²) in [5.74, 6) is 0.328. The average molecular weight is 228 g/mol. The second-order valence-corrected chi connectivity index (χ2v) is 4.03. The van der Waals surface area contributed by atoms with Gasteiger partial charge in [-0.2, -0.15) is 0 Å². The smallest absolute Gasteiger partial charge is 0.123 e. The highest BCUT2D eigenvalue weighted by atomic mass is 16.6. The first-order valence-corrected chi connectivity index (χ1v) is 5.72. The van der Waals surface area contributed by atoms with Gasteiger partial charge < -0.3 is 9.84 Å². The van der Waals surface area contributed by atoms with Crippen molar-refractivity contribution in [1.82, 2.24) is 0 Å². The minimum Gasteiger partial charge on any atom is -0.507 e. The number of ether oxygens (including phenoxy) is 1. The molecular weight excluding hydrogens is 212 g/mol. The number of aromatic hydroxyl groups is 1. The molecule has 1 saturated heterocycles. The van der Waals surface area contributed by atoms with E-state index < -0.39 is 0 Å². The molecule has 1 unspecified atom stereocenters. The van der Waals surface area contributed by atoms with Gasteiger partial charge in [0.1, 0.15) is 5.75 Å². The first kappa shape index (κ1) is 11.7. The largest absolute Gasteiger partial charge is 0.507 e. The van der Waals surface area contributed by atoms with E-state index in [1.165, 1.54) is 0 Å². The Hall–Kier alpha value is -1.80. The highest BCUT2D eigenvalue weighted by Crippen LogP contribution is 2.27. The lowest BCUT2D eigenvalue weighted by Crippen LogP contribution is -1.76. The third-order valence-electron chi connectivity index (χ3n) is 2.49. The van der Waals surface area contributed by atoms with Crippen molar-refractivity contribution >= 4 is 0 Å². The number of rotatable bonds is 1. The van der Waals surface area contributed by atoms with Crippen molar-refractivity contribution < 1.29 is 9.84 Å². The van der Waals surface area contributed by atoms with Crippen molar-refractivity contribution in [3.63, 3.8) is 0 Å². The second kappa shape index (κ2) is 5.51. The van der Waals surface area contributed by atoms with Crippen LogP contribution >= 0.6 is 0 Å². The van der Waals surface area contributed by atoms with Crippen molar-refractivity contribution in [3.05, 3.63) is 54.6 Å². The molecule has 1 heterocycles. The van der Waals surface area contributed by atoms with E-state index in [0.717, 1.165) is 17.7 Å². The minimum atomic E-state index is 0.328. The molecule has 88 valence electrons. The first-order chi connectivity index (χ1) is 8.27. The van der Waals surface area contributed by atoms with Gasteiger partial charge in [-0.05, 0) is 18.6 Å². The van der Waals surface area contributed by atoms with Gasteiger partial charge in [0.2, 0.25) is 0 Å². The zero-order valence-corrected chi connectivity index (χ0v) is 9.84. The lowest BCUT2D eigenvalue weighted by Gasteiger charge is -2.02. The van der Waals surface area contributed by atoms with Crippen LogP contribution < -0.4 is 0 Å². The van der Waals surface area contributed by atoms with Crippen molar-refractivity contribution in [1.29, 1.82) is 0 Å². The van der Waals surface area contributed by atoms with Crippen LogP contribution in [0.2, 0.25) is 0 Å². The molecule has 0 bridgehead atoms. The lowest BCUT2D eigenvalue weighted by molar-refractivity contribution is 0.423. The van der Waals surface area contributed by atoms with E-state index in [4.69, 9.17) is 4.74 Å². The maximum atomic E-state index is 9.56. The van der Waals surface area contributed by atoms with E-state index >= 15 is 0 Å². The Balaban J connectivity index is 0.000000228. The van der Waals surface area contributed by atoms with Crippen molar-refractivity contribution in [2.45, 2.75) is 13.0 Å². The Morgan fingerprint density at radius 2 is 1.53 bits per heavy atom. The first-order valence-electron chi connectivity index (χ1n) is 5.72. The SMILES string of the molecule is CC1CO1.Oc1ccccc1-c1ccccc1. The maximum absolute atomic E-state index is 9.56. The minimum absolute atomic E-state index is 0.328. The van der Waals surface area contributed by atoms with E-state index in [2.05, 4.69) is 6.92 Å². The average Bonchev–Trinajstić information content (AvgIpc) is 3.14. The van der Waals surface area contributed by atoms with Crippen LogP contribution in [0.15, 0.2) is 54.6 Å². The molecule has 1 aliphatic rings.